The van der Waals surface area contributed by atoms with Crippen molar-refractivity contribution in [3.05, 3.63) is 0 Å². The average molecular weight is 298 g/mol. The predicted molar refractivity (Wildman–Crippen MR) is 87.3 cm³/mol. The third kappa shape index (κ3) is 3.36. The van der Waals surface area contributed by atoms with E-state index < -0.39 is 0 Å². The molecule has 3 heteroatoms. The first-order valence-corrected chi connectivity index (χ1v) is 9.79. The van der Waals surface area contributed by atoms with Crippen molar-refractivity contribution in [3.8, 4) is 0 Å². The van der Waals surface area contributed by atoms with Gasteiger partial charge >= 0.3 is 0 Å². The van der Waals surface area contributed by atoms with Crippen LogP contribution in [0.25, 0.3) is 0 Å². The van der Waals surface area contributed by atoms with Gasteiger partial charge in [0, 0.05) is 18.4 Å². The Kier molecular flexibility index (Phi) is 4.99. The monoisotopic (exact) mass is 297 g/mol. The van der Waals surface area contributed by atoms with Gasteiger partial charge in [0.15, 0.2) is 0 Å². The summed E-state index contributed by atoms with van der Waals surface area (Å²) < 4.78 is 6.21. The van der Waals surface area contributed by atoms with E-state index in [4.69, 9.17) is 4.74 Å². The van der Waals surface area contributed by atoms with Gasteiger partial charge in [0.05, 0.1) is 5.60 Å². The summed E-state index contributed by atoms with van der Waals surface area (Å²) in [5.74, 6) is 5.39. The number of rotatable bonds is 4. The van der Waals surface area contributed by atoms with Gasteiger partial charge in [0.25, 0.3) is 0 Å². The standard InChI is InChI=1S/C17H31NOS/c1-13(2)18-11-15-4-3-5-16(15)14-6-8-19-17(10-14)7-9-20-12-17/h13-16,18H,3-12H2,1-2H3. The number of nitrogens with one attached hydrogen (secondary N) is 1. The molecule has 1 N–H and O–H groups in total. The van der Waals surface area contributed by atoms with E-state index in [-0.39, 0.29) is 5.60 Å². The van der Waals surface area contributed by atoms with Crippen molar-refractivity contribution in [2.24, 2.45) is 17.8 Å². The van der Waals surface area contributed by atoms with Gasteiger partial charge in [-0.2, -0.15) is 11.8 Å². The zero-order valence-corrected chi connectivity index (χ0v) is 14.0. The summed E-state index contributed by atoms with van der Waals surface area (Å²) in [7, 11) is 0. The van der Waals surface area contributed by atoms with Crippen molar-refractivity contribution < 1.29 is 4.74 Å². The zero-order valence-electron chi connectivity index (χ0n) is 13.2. The molecule has 0 amide bonds. The molecule has 3 rings (SSSR count). The first-order valence-electron chi connectivity index (χ1n) is 8.64. The molecular weight excluding hydrogens is 266 g/mol. The summed E-state index contributed by atoms with van der Waals surface area (Å²) in [6, 6.07) is 0.628. The van der Waals surface area contributed by atoms with E-state index in [9.17, 15) is 0 Å². The molecule has 2 saturated heterocycles. The van der Waals surface area contributed by atoms with Crippen molar-refractivity contribution >= 4 is 11.8 Å². The third-order valence-corrected chi connectivity index (χ3v) is 6.93. The molecule has 1 saturated carbocycles. The second-order valence-electron chi connectivity index (χ2n) is 7.50. The maximum Gasteiger partial charge on any atom is 0.0783 e. The van der Waals surface area contributed by atoms with Gasteiger partial charge in [-0.05, 0) is 62.2 Å². The molecule has 4 atom stereocenters. The van der Waals surface area contributed by atoms with Crippen molar-refractivity contribution in [1.82, 2.24) is 5.32 Å². The van der Waals surface area contributed by atoms with Crippen LogP contribution >= 0.6 is 11.8 Å². The van der Waals surface area contributed by atoms with E-state index in [2.05, 4.69) is 30.9 Å². The van der Waals surface area contributed by atoms with Gasteiger partial charge in [-0.3, -0.25) is 0 Å². The summed E-state index contributed by atoms with van der Waals surface area (Å²) in [6.45, 7) is 6.79. The zero-order chi connectivity index (χ0) is 14.0. The number of thioether (sulfide) groups is 1. The number of hydrogen-bond acceptors (Lipinski definition) is 3. The molecule has 0 aromatic heterocycles. The van der Waals surface area contributed by atoms with Crippen molar-refractivity contribution in [2.45, 2.75) is 64.0 Å². The lowest BCUT2D eigenvalue weighted by Crippen LogP contribution is -2.43. The highest BCUT2D eigenvalue weighted by Gasteiger charge is 2.44. The van der Waals surface area contributed by atoms with Crippen molar-refractivity contribution in [1.29, 1.82) is 0 Å². The van der Waals surface area contributed by atoms with Crippen LogP contribution in [-0.2, 0) is 4.74 Å². The molecule has 3 aliphatic rings. The minimum Gasteiger partial charge on any atom is -0.374 e. The summed E-state index contributed by atoms with van der Waals surface area (Å²) in [5.41, 5.74) is 0.270. The predicted octanol–water partition coefficient (Wildman–Crippen LogP) is 3.70. The minimum atomic E-state index is 0.270. The molecule has 3 fully saturated rings. The van der Waals surface area contributed by atoms with E-state index in [0.717, 1.165) is 24.4 Å². The Morgan fingerprint density at radius 3 is 2.95 bits per heavy atom. The van der Waals surface area contributed by atoms with Crippen LogP contribution in [-0.4, -0.2) is 36.3 Å². The van der Waals surface area contributed by atoms with Crippen LogP contribution < -0.4 is 5.32 Å². The van der Waals surface area contributed by atoms with Crippen LogP contribution in [0.3, 0.4) is 0 Å². The molecular formula is C17H31NOS. The summed E-state index contributed by atoms with van der Waals surface area (Å²) >= 11 is 2.10. The van der Waals surface area contributed by atoms with E-state index in [1.54, 1.807) is 0 Å². The average Bonchev–Trinajstić information content (AvgIpc) is 3.06. The van der Waals surface area contributed by atoms with Gasteiger partial charge in [-0.15, -0.1) is 0 Å². The molecule has 2 heterocycles. The van der Waals surface area contributed by atoms with Crippen LogP contribution in [0.2, 0.25) is 0 Å². The van der Waals surface area contributed by atoms with Crippen LogP contribution in [0.15, 0.2) is 0 Å². The molecule has 0 radical (unpaired) electrons. The Balaban J connectivity index is 1.59. The highest BCUT2D eigenvalue weighted by atomic mass is 32.2. The minimum absolute atomic E-state index is 0.270. The summed E-state index contributed by atoms with van der Waals surface area (Å²) in [4.78, 5) is 0. The molecule has 0 aromatic rings. The maximum atomic E-state index is 6.21. The first-order chi connectivity index (χ1) is 9.69. The molecule has 0 bridgehead atoms. The maximum absolute atomic E-state index is 6.21. The van der Waals surface area contributed by atoms with Crippen molar-refractivity contribution in [3.63, 3.8) is 0 Å². The van der Waals surface area contributed by atoms with Gasteiger partial charge < -0.3 is 10.1 Å². The lowest BCUT2D eigenvalue weighted by molar-refractivity contribution is -0.0918. The highest BCUT2D eigenvalue weighted by molar-refractivity contribution is 7.99. The fourth-order valence-electron chi connectivity index (χ4n) is 4.62. The van der Waals surface area contributed by atoms with Crippen LogP contribution in [0.4, 0.5) is 0 Å². The van der Waals surface area contributed by atoms with Crippen molar-refractivity contribution in [2.75, 3.05) is 24.7 Å². The normalized spacial score (nSPS) is 41.9. The third-order valence-electron chi connectivity index (χ3n) is 5.71. The quantitative estimate of drug-likeness (QED) is 0.855. The second kappa shape index (κ2) is 6.58. The van der Waals surface area contributed by atoms with E-state index in [1.807, 2.05) is 0 Å². The Morgan fingerprint density at radius 2 is 2.20 bits per heavy atom. The molecule has 20 heavy (non-hydrogen) atoms. The van der Waals surface area contributed by atoms with Gasteiger partial charge in [0.2, 0.25) is 0 Å². The highest BCUT2D eigenvalue weighted by Crippen LogP contribution is 2.47. The Bertz CT molecular complexity index is 314. The molecule has 1 aliphatic carbocycles. The summed E-state index contributed by atoms with van der Waals surface area (Å²) in [6.07, 6.45) is 8.34. The van der Waals surface area contributed by atoms with E-state index in [1.165, 1.54) is 56.6 Å². The molecule has 2 aliphatic heterocycles. The summed E-state index contributed by atoms with van der Waals surface area (Å²) in [5, 5.41) is 3.68. The van der Waals surface area contributed by atoms with E-state index in [0.29, 0.717) is 6.04 Å². The fourth-order valence-corrected chi connectivity index (χ4v) is 6.00. The Hall–Kier alpha value is 0.270. The van der Waals surface area contributed by atoms with Gasteiger partial charge in [-0.25, -0.2) is 0 Å². The second-order valence-corrected chi connectivity index (χ2v) is 8.61. The molecule has 1 spiro atoms. The first kappa shape index (κ1) is 15.2. The molecule has 2 nitrogen and oxygen atoms in total. The van der Waals surface area contributed by atoms with Gasteiger partial charge in [0.1, 0.15) is 0 Å². The molecule has 4 unspecified atom stereocenters. The lowest BCUT2D eigenvalue weighted by atomic mass is 9.74. The number of ether oxygens (including phenoxy) is 1. The molecule has 0 aromatic carbocycles. The SMILES string of the molecule is CC(C)NCC1CCCC1C1CCOC2(CCSC2)C1. The van der Waals surface area contributed by atoms with Crippen LogP contribution in [0.5, 0.6) is 0 Å². The number of hydrogen-bond donors (Lipinski definition) is 1. The Labute approximate surface area is 128 Å². The Morgan fingerprint density at radius 1 is 1.30 bits per heavy atom. The van der Waals surface area contributed by atoms with E-state index >= 15 is 0 Å². The van der Waals surface area contributed by atoms with Crippen LogP contribution in [0, 0.1) is 17.8 Å². The topological polar surface area (TPSA) is 21.3 Å². The fraction of sp³-hybridized carbons (Fsp3) is 1.00. The van der Waals surface area contributed by atoms with Gasteiger partial charge in [-0.1, -0.05) is 20.3 Å². The lowest BCUT2D eigenvalue weighted by Gasteiger charge is -2.41. The largest absolute Gasteiger partial charge is 0.374 e. The van der Waals surface area contributed by atoms with Crippen LogP contribution in [0.1, 0.15) is 52.4 Å². The smallest absolute Gasteiger partial charge is 0.0783 e. The molecule has 116 valence electrons.